The fourth-order valence-corrected chi connectivity index (χ4v) is 20.7. The number of allylic oxidation sites excluding steroid dienone is 1. The van der Waals surface area contributed by atoms with E-state index >= 15 is 0 Å². The monoisotopic (exact) mass is 1890 g/mol. The van der Waals surface area contributed by atoms with Gasteiger partial charge >= 0.3 is 18.0 Å². The van der Waals surface area contributed by atoms with Crippen molar-refractivity contribution in [3.63, 3.8) is 0 Å². The van der Waals surface area contributed by atoms with Gasteiger partial charge in [0.25, 0.3) is 5.91 Å². The molecule has 9 aliphatic heterocycles. The number of H-pyrrole nitrogens is 2. The maximum Gasteiger partial charge on any atom is 0.318 e. The Balaban J connectivity index is 0.000000159. The van der Waals surface area contributed by atoms with Crippen LogP contribution in [0.15, 0.2) is 97.6 Å². The zero-order valence-corrected chi connectivity index (χ0v) is 80.0. The number of aryl methyl sites for hydroxylation is 2. The van der Waals surface area contributed by atoms with Gasteiger partial charge in [0, 0.05) is 199 Å². The van der Waals surface area contributed by atoms with E-state index in [0.717, 1.165) is 133 Å². The van der Waals surface area contributed by atoms with Gasteiger partial charge in [0.2, 0.25) is 18.4 Å². The molecule has 0 aliphatic carbocycles. The van der Waals surface area contributed by atoms with Crippen molar-refractivity contribution in [3.05, 3.63) is 170 Å². The van der Waals surface area contributed by atoms with E-state index in [0.29, 0.717) is 149 Å². The van der Waals surface area contributed by atoms with Gasteiger partial charge in [-0.25, -0.2) is 28.5 Å². The second kappa shape index (κ2) is 41.5. The number of piperazine rings is 3. The van der Waals surface area contributed by atoms with Crippen molar-refractivity contribution in [1.82, 2.24) is 79.7 Å². The lowest BCUT2D eigenvalue weighted by atomic mass is 9.99. The number of aromatic amines is 2. The maximum atomic E-state index is 14.8. The highest BCUT2D eigenvalue weighted by atomic mass is 35.5. The molecule has 6 saturated heterocycles. The molecule has 3 N–H and O–H groups in total. The van der Waals surface area contributed by atoms with Crippen LogP contribution in [0.2, 0.25) is 5.02 Å². The number of rotatable bonds is 21. The van der Waals surface area contributed by atoms with Gasteiger partial charge in [0.1, 0.15) is 67.0 Å². The van der Waals surface area contributed by atoms with Crippen molar-refractivity contribution in [1.29, 1.82) is 0 Å². The van der Waals surface area contributed by atoms with Crippen LogP contribution in [-0.4, -0.2) is 316 Å². The Morgan fingerprint density at radius 2 is 0.985 bits per heavy atom. The number of likely N-dealkylation sites (N-methyl/N-ethyl adjacent to an activating group) is 3. The molecule has 0 bridgehead atoms. The van der Waals surface area contributed by atoms with Crippen LogP contribution in [0, 0.1) is 34.3 Å². The lowest BCUT2D eigenvalue weighted by Gasteiger charge is -2.41. The van der Waals surface area contributed by atoms with Gasteiger partial charge in [-0.3, -0.25) is 39.3 Å². The highest BCUT2D eigenvalue weighted by molar-refractivity contribution is 7.59. The molecule has 3 unspecified atom stereocenters. The fourth-order valence-electron chi connectivity index (χ4n) is 20.4. The molecule has 9 aliphatic rings. The molecular formula is C95H121ClF5N23O7S2. The Morgan fingerprint density at radius 3 is 1.41 bits per heavy atom. The summed E-state index contributed by atoms with van der Waals surface area (Å²) in [6.07, 6.45) is 12.4. The number of hydrogen-bond donors (Lipinski definition) is 3. The van der Waals surface area contributed by atoms with E-state index in [1.165, 1.54) is 51.5 Å². The largest absolute Gasteiger partial charge is 0.462 e. The molecule has 18 rings (SSSR count). The van der Waals surface area contributed by atoms with E-state index in [1.54, 1.807) is 30.6 Å². The highest BCUT2D eigenvalue weighted by Crippen LogP contribution is 2.44. The van der Waals surface area contributed by atoms with Crippen LogP contribution in [0.25, 0.3) is 37.4 Å². The van der Waals surface area contributed by atoms with Crippen molar-refractivity contribution in [3.8, 4) is 18.0 Å². The zero-order valence-electron chi connectivity index (χ0n) is 77.3. The maximum absolute atomic E-state index is 14.8. The number of carbonyl (C=O) groups is 3. The molecule has 3 amide bonds. The number of benzene rings is 4. The van der Waals surface area contributed by atoms with Gasteiger partial charge in [-0.05, 0) is 147 Å². The molecule has 9 aromatic rings. The number of hydrogen-bond acceptors (Lipinski definition) is 24. The second-order valence-electron chi connectivity index (χ2n) is 37.0. The molecule has 5 aromatic heterocycles. The smallest absolute Gasteiger partial charge is 0.318 e. The molecule has 0 radical (unpaired) electrons. The van der Waals surface area contributed by atoms with E-state index in [4.69, 9.17) is 67.4 Å². The number of alkyl halides is 4. The zero-order chi connectivity index (χ0) is 92.5. The number of anilines is 6. The summed E-state index contributed by atoms with van der Waals surface area (Å²) < 4.78 is 88.7. The van der Waals surface area contributed by atoms with Crippen LogP contribution in [0.3, 0.4) is 0 Å². The first-order chi connectivity index (χ1) is 62.8. The van der Waals surface area contributed by atoms with Crippen LogP contribution < -0.4 is 43.6 Å². The summed E-state index contributed by atoms with van der Waals surface area (Å²) in [5.41, 5.74) is 12.1. The number of aliphatic hydroxyl groups is 1. The van der Waals surface area contributed by atoms with Crippen molar-refractivity contribution in [2.75, 3.05) is 201 Å². The van der Waals surface area contributed by atoms with E-state index in [1.807, 2.05) is 66.4 Å². The summed E-state index contributed by atoms with van der Waals surface area (Å²) >= 11 is 6.70. The SMILES string of the molecule is C=C(F)C(=O)N1CCN(c2nc(OC[C@@H]3CC(C)(F)CN3C)nc3c2CCN(c2c(C)c(C)cc4[nH]ncc24)C3)CC1.Cc1cc2[nH]ncc2c(N2CCc3c(nc(OC[C@@H]4CC(C)(F)CN4C)nc3N3CCN(C(=O)/C=C/CF)CC3)C2)c1C.S.S.[C-]#[N+]C[C@H]1CN(c2nc(OC[C@@H]3CC(C)(F)CN3C)nc3c2CCN(c2cccc4cccc(Cl)c24)C3)CCN1C(=O)/C=C/CO. The number of aliphatic hydroxyl groups excluding tert-OH is 1. The molecule has 4 aromatic carbocycles. The highest BCUT2D eigenvalue weighted by Gasteiger charge is 2.44. The Hall–Kier alpha value is -10.9. The Kier molecular flexibility index (Phi) is 30.6. The molecule has 14 heterocycles. The standard InChI is InChI=1S/C34H39ClFN7O3.C31H40F2N8O2.C30H38F2N8O2.2H2S/c1-34(36)17-24(40(3)22-34)21-46-33-38-28-20-41(29-10-5-8-23-7-4-9-27(35)31(23)29)13-12-26(28)32(39-33)42-14-15-43(25(19-42)18-37-2)30(45)11-6-16-44;1-20-14-25-24(16-34-37-25)28(21(20)2)41-9-7-23-26(17-41)35-30(43-18-22-15-31(3,33)19-38(22)4)36-29(23)40-12-10-39(11-13-40)27(42)6-5-8-32;1-18-12-24-23(14-33-36-24)26(19(18)2)40-7-6-22-25(15-40)34-29(42-16-21-13-30(4,32)17-37(21)5)35-27(22)38-8-10-39(11-9-38)28(41)20(3)31;;/h4-11,24-25,44H,12-22H2,1,3H3;5-6,14,16,22H,7-13,15,17-19H2,1-4H3,(H,34,37);12,14,21H,3,6-11,13,15-17H2,1-2,4-5H3,(H,33,36);2*1H2/b11-6+;6-5+;;;/t24-,25-,34?;22-,31?;21-,30?;;/m000../s1. The molecule has 0 spiro atoms. The molecule has 7 atom stereocenters. The van der Waals surface area contributed by atoms with Gasteiger partial charge < -0.3 is 68.3 Å². The van der Waals surface area contributed by atoms with Crippen LogP contribution in [-0.2, 0) is 53.3 Å². The Morgan fingerprint density at radius 1 is 0.564 bits per heavy atom. The van der Waals surface area contributed by atoms with Crippen LogP contribution in [0.1, 0.15) is 96.1 Å². The first kappa shape index (κ1) is 98.1. The number of likely N-dealkylation sites (tertiary alicyclic amines) is 3. The lowest BCUT2D eigenvalue weighted by molar-refractivity contribution is -0.129. The van der Waals surface area contributed by atoms with E-state index in [-0.39, 0.29) is 107 Å². The van der Waals surface area contributed by atoms with Gasteiger partial charge in [0.15, 0.2) is 5.83 Å². The summed E-state index contributed by atoms with van der Waals surface area (Å²) in [6.45, 7) is 34.6. The molecule has 6 fully saturated rings. The minimum Gasteiger partial charge on any atom is -0.462 e. The number of fused-ring (bicyclic) bond motifs is 6. The molecule has 30 nitrogen and oxygen atoms in total. The molecule has 133 heavy (non-hydrogen) atoms. The summed E-state index contributed by atoms with van der Waals surface area (Å²) in [4.78, 5) is 94.7. The van der Waals surface area contributed by atoms with Crippen LogP contribution in [0.5, 0.6) is 18.0 Å². The molecule has 0 saturated carbocycles. The topological polar surface area (TPSA) is 277 Å². The Bertz CT molecular complexity index is 5860. The normalized spacial score (nSPS) is 22.9. The van der Waals surface area contributed by atoms with Crippen molar-refractivity contribution in [2.45, 2.75) is 148 Å². The van der Waals surface area contributed by atoms with Gasteiger partial charge in [-0.2, -0.15) is 67.1 Å². The summed E-state index contributed by atoms with van der Waals surface area (Å²) in [6, 6.07) is 16.5. The van der Waals surface area contributed by atoms with E-state index < -0.39 is 35.4 Å². The number of aromatic nitrogens is 10. The molecule has 712 valence electrons. The lowest BCUT2D eigenvalue weighted by Crippen LogP contribution is -2.56. The fraction of sp³-hybridized carbons (Fsp3) is 0.516. The predicted octanol–water partition coefficient (Wildman–Crippen LogP) is 11.4. The Labute approximate surface area is 791 Å². The predicted molar refractivity (Wildman–Crippen MR) is 518 cm³/mol. The third kappa shape index (κ3) is 21.7. The minimum atomic E-state index is -1.27. The third-order valence-corrected chi connectivity index (χ3v) is 27.5. The average Bonchev–Trinajstić information content (AvgIpc) is 1.75. The van der Waals surface area contributed by atoms with Gasteiger partial charge in [-0.1, -0.05) is 48.5 Å². The molecular weight excluding hydrogens is 1770 g/mol. The average molecular weight is 1890 g/mol. The van der Waals surface area contributed by atoms with Crippen molar-refractivity contribution in [2.24, 2.45) is 0 Å². The minimum absolute atomic E-state index is 0. The third-order valence-electron chi connectivity index (χ3n) is 27.2. The number of nitrogens with one attached hydrogen (secondary N) is 2. The summed E-state index contributed by atoms with van der Waals surface area (Å²) in [5.74, 6) is 0.346. The van der Waals surface area contributed by atoms with Crippen molar-refractivity contribution < 1.29 is 55.7 Å². The van der Waals surface area contributed by atoms with Crippen molar-refractivity contribution >= 4 is 123 Å². The quantitative estimate of drug-likeness (QED) is 0.0342. The van der Waals surface area contributed by atoms with E-state index in [9.17, 15) is 36.3 Å². The number of nitrogens with zero attached hydrogens (tertiary/aromatic N) is 21. The number of halogens is 6. The first-order valence-corrected chi connectivity index (χ1v) is 45.5. The number of carbonyl (C=O) groups excluding carboxylic acids is 3. The van der Waals surface area contributed by atoms with Gasteiger partial charge in [0.05, 0.1) is 83.1 Å². The van der Waals surface area contributed by atoms with E-state index in [2.05, 4.69) is 119 Å². The first-order valence-electron chi connectivity index (χ1n) is 45.2. The van der Waals surface area contributed by atoms with Gasteiger partial charge in [-0.15, -0.1) is 0 Å². The molecule has 38 heteroatoms. The van der Waals surface area contributed by atoms with Crippen LogP contribution >= 0.6 is 38.6 Å². The number of amides is 3. The second-order valence-corrected chi connectivity index (χ2v) is 37.4. The summed E-state index contributed by atoms with van der Waals surface area (Å²) in [5, 5.41) is 28.9. The summed E-state index contributed by atoms with van der Waals surface area (Å²) in [7, 11) is 5.73. The van der Waals surface area contributed by atoms with Crippen LogP contribution in [0.4, 0.5) is 56.5 Å². The number of ether oxygens (including phenoxy) is 3.